The van der Waals surface area contributed by atoms with Crippen molar-refractivity contribution in [2.24, 2.45) is 11.7 Å². The second kappa shape index (κ2) is 5.86. The number of rotatable bonds is 3. The first kappa shape index (κ1) is 15.6. The zero-order valence-electron chi connectivity index (χ0n) is 14.4. The number of likely N-dealkylation sites (tertiary alicyclic amines) is 1. The lowest BCUT2D eigenvalue weighted by molar-refractivity contribution is -0.00561. The van der Waals surface area contributed by atoms with Gasteiger partial charge in [-0.05, 0) is 38.9 Å². The van der Waals surface area contributed by atoms with E-state index in [0.717, 1.165) is 30.5 Å². The van der Waals surface area contributed by atoms with Crippen LogP contribution in [0.25, 0.3) is 10.9 Å². The number of carbonyl (C=O) groups is 1. The number of piperazine rings is 1. The molecule has 0 spiro atoms. The van der Waals surface area contributed by atoms with Crippen LogP contribution < -0.4 is 5.73 Å². The van der Waals surface area contributed by atoms with E-state index in [1.165, 1.54) is 12.8 Å². The molecule has 0 aliphatic carbocycles. The normalized spacial score (nSPS) is 28.3. The van der Waals surface area contributed by atoms with E-state index in [9.17, 15) is 4.79 Å². The number of amides is 1. The summed E-state index contributed by atoms with van der Waals surface area (Å²) in [6.45, 7) is 3.13. The van der Waals surface area contributed by atoms with Crippen LogP contribution in [0, 0.1) is 5.92 Å². The van der Waals surface area contributed by atoms with Crippen LogP contribution in [0.15, 0.2) is 24.3 Å². The third kappa shape index (κ3) is 2.59. The lowest BCUT2D eigenvalue weighted by Gasteiger charge is -2.50. The lowest BCUT2D eigenvalue weighted by Crippen LogP contribution is -2.60. The first-order chi connectivity index (χ1) is 11.5. The van der Waals surface area contributed by atoms with Crippen molar-refractivity contribution in [2.45, 2.75) is 31.5 Å². The van der Waals surface area contributed by atoms with Crippen LogP contribution in [0.5, 0.6) is 0 Å². The number of carbonyl (C=O) groups excluding carboxylic acids is 1. The number of para-hydroxylation sites is 1. The van der Waals surface area contributed by atoms with E-state index in [2.05, 4.69) is 29.0 Å². The highest BCUT2D eigenvalue weighted by molar-refractivity contribution is 6.04. The molecule has 1 aromatic carbocycles. The summed E-state index contributed by atoms with van der Waals surface area (Å²) >= 11 is 0. The number of benzene rings is 1. The molecule has 4 rings (SSSR count). The first-order valence-corrected chi connectivity index (χ1v) is 8.68. The molecule has 1 aromatic heterocycles. The highest BCUT2D eigenvalue weighted by atomic mass is 16.1. The highest BCUT2D eigenvalue weighted by Crippen LogP contribution is 2.32. The first-order valence-electron chi connectivity index (χ1n) is 8.68. The summed E-state index contributed by atoms with van der Waals surface area (Å²) in [5.74, 6) is 0.140. The summed E-state index contributed by atoms with van der Waals surface area (Å²) in [5.41, 5.74) is 6.90. The number of hydrogen-bond acceptors (Lipinski definition) is 4. The fraction of sp³-hybridized carbons (Fsp3) is 0.556. The third-order valence-corrected chi connectivity index (χ3v) is 5.73. The average Bonchev–Trinajstić information content (AvgIpc) is 2.89. The fourth-order valence-electron chi connectivity index (χ4n) is 4.54. The van der Waals surface area contributed by atoms with Crippen LogP contribution in [0.3, 0.4) is 0 Å². The number of nitrogens with zero attached hydrogens (tertiary/aromatic N) is 4. The summed E-state index contributed by atoms with van der Waals surface area (Å²) in [6.07, 6.45) is 2.36. The topological polar surface area (TPSA) is 67.4 Å². The molecule has 2 aliphatic heterocycles. The highest BCUT2D eigenvalue weighted by Gasteiger charge is 2.38. The maximum absolute atomic E-state index is 11.7. The van der Waals surface area contributed by atoms with Crippen LogP contribution >= 0.6 is 0 Å². The minimum Gasteiger partial charge on any atom is -0.364 e. The molecule has 0 saturated carbocycles. The van der Waals surface area contributed by atoms with Gasteiger partial charge in [0.25, 0.3) is 5.91 Å². The van der Waals surface area contributed by atoms with Gasteiger partial charge in [0.1, 0.15) is 0 Å². The molecular weight excluding hydrogens is 302 g/mol. The predicted molar refractivity (Wildman–Crippen MR) is 93.8 cm³/mol. The third-order valence-electron chi connectivity index (χ3n) is 5.73. The van der Waals surface area contributed by atoms with Crippen LogP contribution in [-0.4, -0.2) is 64.8 Å². The number of fused-ring (bicyclic) bond motifs is 3. The molecule has 2 bridgehead atoms. The van der Waals surface area contributed by atoms with Crippen LogP contribution in [0.2, 0.25) is 0 Å². The van der Waals surface area contributed by atoms with Gasteiger partial charge in [-0.15, -0.1) is 0 Å². The van der Waals surface area contributed by atoms with Crippen molar-refractivity contribution in [1.82, 2.24) is 19.6 Å². The Hall–Kier alpha value is -1.92. The molecule has 3 heterocycles. The Morgan fingerprint density at radius 1 is 1.21 bits per heavy atom. The zero-order chi connectivity index (χ0) is 16.8. The molecule has 2 aromatic rings. The number of primary amides is 1. The molecule has 2 N–H and O–H groups in total. The Morgan fingerprint density at radius 3 is 2.54 bits per heavy atom. The lowest BCUT2D eigenvalue weighted by atomic mass is 9.83. The molecule has 0 radical (unpaired) electrons. The average molecular weight is 327 g/mol. The monoisotopic (exact) mass is 327 g/mol. The maximum Gasteiger partial charge on any atom is 0.269 e. The van der Waals surface area contributed by atoms with Gasteiger partial charge < -0.3 is 10.6 Å². The van der Waals surface area contributed by atoms with Gasteiger partial charge in [0, 0.05) is 37.1 Å². The summed E-state index contributed by atoms with van der Waals surface area (Å²) in [6, 6.07) is 9.10. The fourth-order valence-corrected chi connectivity index (χ4v) is 4.54. The van der Waals surface area contributed by atoms with Gasteiger partial charge in [-0.2, -0.15) is 5.10 Å². The zero-order valence-corrected chi connectivity index (χ0v) is 14.4. The van der Waals surface area contributed by atoms with E-state index < -0.39 is 5.91 Å². The smallest absolute Gasteiger partial charge is 0.269 e. The van der Waals surface area contributed by atoms with E-state index in [4.69, 9.17) is 5.73 Å². The van der Waals surface area contributed by atoms with Gasteiger partial charge in [-0.1, -0.05) is 18.2 Å². The Balaban J connectivity index is 1.60. The van der Waals surface area contributed by atoms with Gasteiger partial charge in [0.15, 0.2) is 5.69 Å². The largest absolute Gasteiger partial charge is 0.364 e. The van der Waals surface area contributed by atoms with E-state index in [-0.39, 0.29) is 0 Å². The number of nitrogens with two attached hydrogens (primary N) is 1. The molecule has 2 fully saturated rings. The summed E-state index contributed by atoms with van der Waals surface area (Å²) in [4.78, 5) is 16.7. The quantitative estimate of drug-likeness (QED) is 0.919. The van der Waals surface area contributed by atoms with Crippen molar-refractivity contribution in [2.75, 3.05) is 27.2 Å². The molecule has 2 saturated heterocycles. The van der Waals surface area contributed by atoms with E-state index >= 15 is 0 Å². The molecular formula is C18H25N5O. The minimum atomic E-state index is -0.452. The second-order valence-electron chi connectivity index (χ2n) is 7.44. The van der Waals surface area contributed by atoms with Crippen LogP contribution in [-0.2, 0) is 6.54 Å². The Kier molecular flexibility index (Phi) is 3.81. The number of likely N-dealkylation sites (N-methyl/N-ethyl adjacent to an activating group) is 2. The van der Waals surface area contributed by atoms with Crippen molar-refractivity contribution in [3.05, 3.63) is 30.0 Å². The summed E-state index contributed by atoms with van der Waals surface area (Å²) in [7, 11) is 4.47. The van der Waals surface area contributed by atoms with Crippen molar-refractivity contribution >= 4 is 16.8 Å². The standard InChI is InChI=1S/C18H25N5O/c1-21-10-13-7-12(8-14(11-21)22(13)2)9-23-16-6-4-3-5-15(16)17(20-23)18(19)24/h3-6,12-14H,7-11H2,1-2H3,(H2,19,24). The maximum atomic E-state index is 11.7. The number of aromatic nitrogens is 2. The number of hydrogen-bond donors (Lipinski definition) is 1. The SMILES string of the molecule is CN1CC2CC(Cn3nc(C(N)=O)c4ccccc43)CC(C1)N2C. The molecule has 1 amide bonds. The van der Waals surface area contributed by atoms with Gasteiger partial charge >= 0.3 is 0 Å². The predicted octanol–water partition coefficient (Wildman–Crippen LogP) is 1.16. The molecule has 2 atom stereocenters. The number of piperidine rings is 1. The molecule has 6 heteroatoms. The van der Waals surface area contributed by atoms with Crippen molar-refractivity contribution in [1.29, 1.82) is 0 Å². The minimum absolute atomic E-state index is 0.387. The van der Waals surface area contributed by atoms with E-state index in [0.29, 0.717) is 23.7 Å². The molecule has 24 heavy (non-hydrogen) atoms. The Labute approximate surface area is 142 Å². The molecule has 128 valence electrons. The summed E-state index contributed by atoms with van der Waals surface area (Å²) < 4.78 is 1.99. The molecule has 6 nitrogen and oxygen atoms in total. The molecule has 2 aliphatic rings. The van der Waals surface area contributed by atoms with E-state index in [1.807, 2.05) is 28.9 Å². The van der Waals surface area contributed by atoms with Gasteiger partial charge in [0.2, 0.25) is 0 Å². The van der Waals surface area contributed by atoms with Crippen LogP contribution in [0.4, 0.5) is 0 Å². The van der Waals surface area contributed by atoms with Gasteiger partial charge in [-0.3, -0.25) is 14.4 Å². The Bertz CT molecular complexity index is 754. The van der Waals surface area contributed by atoms with Gasteiger partial charge in [-0.25, -0.2) is 0 Å². The van der Waals surface area contributed by atoms with Crippen molar-refractivity contribution in [3.8, 4) is 0 Å². The summed E-state index contributed by atoms with van der Waals surface area (Å²) in [5, 5.41) is 5.39. The Morgan fingerprint density at radius 2 is 1.88 bits per heavy atom. The van der Waals surface area contributed by atoms with Gasteiger partial charge in [0.05, 0.1) is 5.52 Å². The molecule has 2 unspecified atom stereocenters. The van der Waals surface area contributed by atoms with E-state index in [1.54, 1.807) is 0 Å². The van der Waals surface area contributed by atoms with Crippen molar-refractivity contribution < 1.29 is 4.79 Å². The van der Waals surface area contributed by atoms with Crippen molar-refractivity contribution in [3.63, 3.8) is 0 Å². The van der Waals surface area contributed by atoms with Crippen LogP contribution in [0.1, 0.15) is 23.3 Å². The second-order valence-corrected chi connectivity index (χ2v) is 7.44.